The Labute approximate surface area is 203 Å². The summed E-state index contributed by atoms with van der Waals surface area (Å²) in [4.78, 5) is 0. The van der Waals surface area contributed by atoms with Crippen molar-refractivity contribution in [3.8, 4) is 11.1 Å². The van der Waals surface area contributed by atoms with Gasteiger partial charge in [-0.2, -0.15) is 5.10 Å². The van der Waals surface area contributed by atoms with Crippen LogP contribution >= 0.6 is 34.5 Å². The average molecular weight is 544 g/mol. The number of halogens is 2. The number of hydrogen-bond donors (Lipinski definition) is 2. The Morgan fingerprint density at radius 1 is 0.848 bits per heavy atom. The number of H-pyrrole nitrogens is 1. The first kappa shape index (κ1) is 23.6. The molecule has 0 fully saturated rings. The highest BCUT2D eigenvalue weighted by Crippen LogP contribution is 2.29. The molecule has 4 rings (SSSR count). The van der Waals surface area contributed by atoms with Gasteiger partial charge in [-0.15, -0.1) is 10.2 Å². The first-order chi connectivity index (χ1) is 15.6. The highest BCUT2D eigenvalue weighted by Gasteiger charge is 2.25. The molecule has 4 aromatic rings. The maximum absolute atomic E-state index is 13.0. The Hall–Kier alpha value is -2.51. The molecule has 0 spiro atoms. The van der Waals surface area contributed by atoms with E-state index in [1.165, 1.54) is 18.3 Å². The smallest absolute Gasteiger partial charge is 0.239 e. The highest BCUT2D eigenvalue weighted by molar-refractivity contribution is 7.92. The number of aromatic amines is 1. The Morgan fingerprint density at radius 2 is 1.42 bits per heavy atom. The van der Waals surface area contributed by atoms with E-state index in [0.29, 0.717) is 26.9 Å². The predicted molar refractivity (Wildman–Crippen MR) is 128 cm³/mol. The quantitative estimate of drug-likeness (QED) is 0.340. The summed E-state index contributed by atoms with van der Waals surface area (Å²) in [6.07, 6.45) is 1.41. The molecule has 0 unspecified atom stereocenters. The summed E-state index contributed by atoms with van der Waals surface area (Å²) in [7, 11) is -7.64. The topological polar surface area (TPSA) is 135 Å². The summed E-state index contributed by atoms with van der Waals surface area (Å²) in [5.41, 5.74) is 1.37. The molecule has 2 aromatic heterocycles. The molecule has 0 aliphatic carbocycles. The zero-order chi connectivity index (χ0) is 23.6. The van der Waals surface area contributed by atoms with E-state index in [0.717, 1.165) is 11.3 Å². The molecule has 14 heteroatoms. The van der Waals surface area contributed by atoms with Gasteiger partial charge < -0.3 is 0 Å². The molecule has 0 radical (unpaired) electrons. The maximum atomic E-state index is 13.0. The minimum atomic E-state index is -3.86. The molecule has 172 valence electrons. The first-order valence-electron chi connectivity index (χ1n) is 9.21. The lowest BCUT2D eigenvalue weighted by Crippen LogP contribution is -2.14. The van der Waals surface area contributed by atoms with Crippen LogP contribution < -0.4 is 4.72 Å². The molecule has 2 heterocycles. The average Bonchev–Trinajstić information content (AvgIpc) is 3.40. The fourth-order valence-corrected chi connectivity index (χ4v) is 7.15. The third-order valence-corrected chi connectivity index (χ3v) is 8.90. The fourth-order valence-electron chi connectivity index (χ4n) is 2.88. The number of aromatic nitrogens is 4. The van der Waals surface area contributed by atoms with Crippen LogP contribution in [0.4, 0.5) is 5.69 Å². The monoisotopic (exact) mass is 543 g/mol. The van der Waals surface area contributed by atoms with Crippen molar-refractivity contribution >= 4 is 60.1 Å². The Morgan fingerprint density at radius 3 is 2.06 bits per heavy atom. The molecule has 0 saturated heterocycles. The second kappa shape index (κ2) is 9.39. The molecule has 0 aliphatic heterocycles. The van der Waals surface area contributed by atoms with Gasteiger partial charge in [0.1, 0.15) is 21.5 Å². The maximum Gasteiger partial charge on any atom is 0.239 e. The second-order valence-corrected chi connectivity index (χ2v) is 12.5. The van der Waals surface area contributed by atoms with Crippen molar-refractivity contribution in [2.24, 2.45) is 0 Å². The number of nitrogens with zero attached hydrogens (tertiary/aromatic N) is 3. The minimum absolute atomic E-state index is 0.0707. The van der Waals surface area contributed by atoms with Gasteiger partial charge in [-0.1, -0.05) is 46.7 Å². The van der Waals surface area contributed by atoms with E-state index in [9.17, 15) is 16.8 Å². The molecule has 33 heavy (non-hydrogen) atoms. The van der Waals surface area contributed by atoms with Crippen molar-refractivity contribution < 1.29 is 16.8 Å². The van der Waals surface area contributed by atoms with E-state index >= 15 is 0 Å². The normalized spacial score (nSPS) is 12.1. The summed E-state index contributed by atoms with van der Waals surface area (Å²) in [6.45, 7) is 0. The van der Waals surface area contributed by atoms with Crippen LogP contribution in [0, 0.1) is 0 Å². The molecule has 2 aromatic carbocycles. The van der Waals surface area contributed by atoms with Crippen molar-refractivity contribution in [1.82, 2.24) is 20.4 Å². The summed E-state index contributed by atoms with van der Waals surface area (Å²) in [6, 6.07) is 12.8. The van der Waals surface area contributed by atoms with Crippen LogP contribution in [0.5, 0.6) is 0 Å². The lowest BCUT2D eigenvalue weighted by atomic mass is 10.1. The summed E-state index contributed by atoms with van der Waals surface area (Å²) < 4.78 is 53.2. The van der Waals surface area contributed by atoms with Gasteiger partial charge in [0.15, 0.2) is 5.03 Å². The third kappa shape index (κ3) is 5.89. The van der Waals surface area contributed by atoms with Crippen LogP contribution in [-0.2, 0) is 31.4 Å². The molecule has 0 saturated carbocycles. The van der Waals surface area contributed by atoms with Crippen molar-refractivity contribution in [3.05, 3.63) is 74.8 Å². The Kier molecular flexibility index (Phi) is 6.73. The lowest BCUT2D eigenvalue weighted by molar-refractivity contribution is 0.590. The molecule has 0 amide bonds. The summed E-state index contributed by atoms with van der Waals surface area (Å²) >= 11 is 12.6. The standard InChI is InChI=1S/C19H15Cl2N5O4S3/c20-13-3-1-12(2-4-13)16-9-22-25-19(16)32(27,28)10-17-23-24-18(31-17)11-33(29,30)26-15-7-5-14(21)6-8-15/h1-9,26H,10-11H2,(H,22,25). The number of anilines is 1. The lowest BCUT2D eigenvalue weighted by Gasteiger charge is -2.06. The van der Waals surface area contributed by atoms with Crippen LogP contribution in [0.3, 0.4) is 0 Å². The van der Waals surface area contributed by atoms with E-state index in [2.05, 4.69) is 25.1 Å². The van der Waals surface area contributed by atoms with Gasteiger partial charge in [-0.3, -0.25) is 9.82 Å². The van der Waals surface area contributed by atoms with E-state index < -0.39 is 31.4 Å². The van der Waals surface area contributed by atoms with Crippen molar-refractivity contribution in [2.45, 2.75) is 16.5 Å². The molecule has 2 N–H and O–H groups in total. The molecule has 9 nitrogen and oxygen atoms in total. The highest BCUT2D eigenvalue weighted by atomic mass is 35.5. The number of hydrogen-bond acceptors (Lipinski definition) is 8. The number of sulfonamides is 1. The second-order valence-electron chi connectivity index (χ2n) is 6.84. The van der Waals surface area contributed by atoms with Crippen LogP contribution in [0.15, 0.2) is 59.8 Å². The van der Waals surface area contributed by atoms with Gasteiger partial charge in [0.2, 0.25) is 19.9 Å². The predicted octanol–water partition coefficient (Wildman–Crippen LogP) is 4.15. The Bertz CT molecular complexity index is 1480. The number of rotatable bonds is 8. The third-order valence-electron chi connectivity index (χ3n) is 4.32. The van der Waals surface area contributed by atoms with Crippen molar-refractivity contribution in [1.29, 1.82) is 0 Å². The molecule has 0 bridgehead atoms. The van der Waals surface area contributed by atoms with Gasteiger partial charge in [0.25, 0.3) is 0 Å². The van der Waals surface area contributed by atoms with E-state index in [-0.39, 0.29) is 15.0 Å². The van der Waals surface area contributed by atoms with Crippen molar-refractivity contribution in [3.63, 3.8) is 0 Å². The number of nitrogens with one attached hydrogen (secondary N) is 2. The van der Waals surface area contributed by atoms with Gasteiger partial charge in [0.05, 0.1) is 6.20 Å². The number of benzene rings is 2. The van der Waals surface area contributed by atoms with Crippen molar-refractivity contribution in [2.75, 3.05) is 4.72 Å². The molecular formula is C19H15Cl2N5O4S3. The van der Waals surface area contributed by atoms with Crippen LogP contribution in [0.1, 0.15) is 10.0 Å². The van der Waals surface area contributed by atoms with Crippen LogP contribution in [0.25, 0.3) is 11.1 Å². The SMILES string of the molecule is O=S(=O)(Cc1nnc(CS(=O)(=O)c2[nH]ncc2-c2ccc(Cl)cc2)s1)Nc1ccc(Cl)cc1. The van der Waals surface area contributed by atoms with Gasteiger partial charge in [-0.25, -0.2) is 16.8 Å². The fraction of sp³-hybridized carbons (Fsp3) is 0.105. The number of sulfone groups is 1. The van der Waals surface area contributed by atoms with Crippen LogP contribution in [-0.4, -0.2) is 37.2 Å². The van der Waals surface area contributed by atoms with Gasteiger partial charge >= 0.3 is 0 Å². The summed E-state index contributed by atoms with van der Waals surface area (Å²) in [5, 5.41) is 15.3. The Balaban J connectivity index is 1.49. The minimum Gasteiger partial charge on any atom is -0.283 e. The first-order valence-corrected chi connectivity index (χ1v) is 14.1. The molecular weight excluding hydrogens is 529 g/mol. The molecule has 0 aliphatic rings. The molecule has 0 atom stereocenters. The zero-order valence-electron chi connectivity index (χ0n) is 16.6. The van der Waals surface area contributed by atoms with E-state index in [1.807, 2.05) is 0 Å². The largest absolute Gasteiger partial charge is 0.283 e. The van der Waals surface area contributed by atoms with E-state index in [1.54, 1.807) is 36.4 Å². The van der Waals surface area contributed by atoms with Crippen LogP contribution in [0.2, 0.25) is 10.0 Å². The van der Waals surface area contributed by atoms with Gasteiger partial charge in [0, 0.05) is 21.3 Å². The van der Waals surface area contributed by atoms with E-state index in [4.69, 9.17) is 23.2 Å². The zero-order valence-corrected chi connectivity index (χ0v) is 20.5. The summed E-state index contributed by atoms with van der Waals surface area (Å²) in [5.74, 6) is -0.911. The van der Waals surface area contributed by atoms with Gasteiger partial charge in [-0.05, 0) is 42.0 Å².